The zero-order chi connectivity index (χ0) is 16.5. The van der Waals surface area contributed by atoms with Gasteiger partial charge in [-0.15, -0.1) is 0 Å². The monoisotopic (exact) mass is 334 g/mol. The van der Waals surface area contributed by atoms with Crippen LogP contribution in [0.1, 0.15) is 13.8 Å². The molecule has 21 heavy (non-hydrogen) atoms. The fraction of sp³-hybridized carbons (Fsp3) is 0.462. The average molecular weight is 334 g/mol. The van der Waals surface area contributed by atoms with E-state index in [1.807, 2.05) is 0 Å². The van der Waals surface area contributed by atoms with Gasteiger partial charge in [-0.1, -0.05) is 0 Å². The minimum Gasteiger partial charge on any atom is -0.469 e. The summed E-state index contributed by atoms with van der Waals surface area (Å²) >= 11 is 0. The van der Waals surface area contributed by atoms with Gasteiger partial charge in [-0.05, 0) is 38.1 Å². The number of benzene rings is 1. The summed E-state index contributed by atoms with van der Waals surface area (Å²) in [5, 5.41) is 0. The molecule has 0 aromatic heterocycles. The first-order valence-corrected chi connectivity index (χ1v) is 9.56. The van der Waals surface area contributed by atoms with Crippen molar-refractivity contribution >= 4 is 25.6 Å². The smallest absolute Gasteiger partial charge is 0.312 e. The van der Waals surface area contributed by atoms with E-state index in [9.17, 15) is 21.6 Å². The maximum atomic E-state index is 12.3. The Morgan fingerprint density at radius 1 is 1.05 bits per heavy atom. The fourth-order valence-electron chi connectivity index (χ4n) is 1.79. The number of esters is 1. The van der Waals surface area contributed by atoms with E-state index in [0.717, 1.165) is 6.26 Å². The summed E-state index contributed by atoms with van der Waals surface area (Å²) in [6.45, 7) is 2.95. The van der Waals surface area contributed by atoms with Gasteiger partial charge in [0.2, 0.25) is 0 Å². The minimum absolute atomic E-state index is 0.0353. The topological polar surface area (TPSA) is 94.6 Å². The Morgan fingerprint density at radius 2 is 1.48 bits per heavy atom. The van der Waals surface area contributed by atoms with E-state index >= 15 is 0 Å². The second-order valence-electron chi connectivity index (χ2n) is 5.38. The van der Waals surface area contributed by atoms with Crippen molar-refractivity contribution in [2.75, 3.05) is 19.1 Å². The van der Waals surface area contributed by atoms with Crippen LogP contribution in [0, 0.1) is 5.41 Å². The first-order chi connectivity index (χ1) is 9.40. The number of carbonyl (C=O) groups is 1. The lowest BCUT2D eigenvalue weighted by Gasteiger charge is -2.21. The first kappa shape index (κ1) is 17.6. The predicted octanol–water partition coefficient (Wildman–Crippen LogP) is 1.06. The van der Waals surface area contributed by atoms with Crippen LogP contribution < -0.4 is 0 Å². The van der Waals surface area contributed by atoms with Crippen LogP contribution in [0.15, 0.2) is 34.1 Å². The average Bonchev–Trinajstić information content (AvgIpc) is 2.35. The van der Waals surface area contributed by atoms with E-state index in [2.05, 4.69) is 4.74 Å². The molecule has 0 spiro atoms. The van der Waals surface area contributed by atoms with Gasteiger partial charge in [0.05, 0.1) is 28.1 Å². The maximum absolute atomic E-state index is 12.3. The first-order valence-electron chi connectivity index (χ1n) is 6.01. The van der Waals surface area contributed by atoms with Gasteiger partial charge in [-0.2, -0.15) is 0 Å². The quantitative estimate of drug-likeness (QED) is 0.747. The summed E-state index contributed by atoms with van der Waals surface area (Å²) in [6.07, 6.45) is 1.04. The van der Waals surface area contributed by atoms with Crippen molar-refractivity contribution < 1.29 is 26.4 Å². The molecule has 0 saturated carbocycles. The summed E-state index contributed by atoms with van der Waals surface area (Å²) in [5.41, 5.74) is -1.19. The third-order valence-corrected chi connectivity index (χ3v) is 6.12. The number of carbonyl (C=O) groups excluding carboxylic acids is 1. The molecule has 0 heterocycles. The van der Waals surface area contributed by atoms with Gasteiger partial charge in [-0.25, -0.2) is 16.8 Å². The SMILES string of the molecule is COC(=O)C(C)(C)CS(=O)(=O)c1ccc(S(C)(=O)=O)cc1. The zero-order valence-corrected chi connectivity index (χ0v) is 13.9. The largest absolute Gasteiger partial charge is 0.469 e. The lowest BCUT2D eigenvalue weighted by Crippen LogP contribution is -2.33. The third kappa shape index (κ3) is 4.28. The molecule has 0 aliphatic rings. The fourth-order valence-corrected chi connectivity index (χ4v) is 4.20. The van der Waals surface area contributed by atoms with Crippen molar-refractivity contribution in [3.05, 3.63) is 24.3 Å². The standard InChI is InChI=1S/C13H18O6S2/c1-13(2,12(14)19-3)9-21(17,18)11-7-5-10(6-8-11)20(4,15)16/h5-8H,9H2,1-4H3. The summed E-state index contributed by atoms with van der Waals surface area (Å²) in [7, 11) is -5.93. The van der Waals surface area contributed by atoms with Crippen LogP contribution in [-0.2, 0) is 29.2 Å². The highest BCUT2D eigenvalue weighted by atomic mass is 32.2. The van der Waals surface area contributed by atoms with Crippen molar-refractivity contribution in [1.29, 1.82) is 0 Å². The van der Waals surface area contributed by atoms with E-state index in [-0.39, 0.29) is 9.79 Å². The van der Waals surface area contributed by atoms with Gasteiger partial charge in [0.15, 0.2) is 19.7 Å². The molecule has 1 rings (SSSR count). The highest BCUT2D eigenvalue weighted by Gasteiger charge is 2.35. The Bertz CT molecular complexity index is 727. The molecule has 0 atom stereocenters. The molecule has 0 radical (unpaired) electrons. The molecule has 0 aliphatic carbocycles. The molecule has 1 aromatic carbocycles. The van der Waals surface area contributed by atoms with Crippen molar-refractivity contribution in [1.82, 2.24) is 0 Å². The van der Waals surface area contributed by atoms with Crippen LogP contribution in [-0.4, -0.2) is 41.9 Å². The zero-order valence-electron chi connectivity index (χ0n) is 12.3. The molecular formula is C13H18O6S2. The van der Waals surface area contributed by atoms with Crippen LogP contribution in [0.3, 0.4) is 0 Å². The molecule has 0 fully saturated rings. The van der Waals surface area contributed by atoms with Crippen molar-refractivity contribution in [2.45, 2.75) is 23.6 Å². The van der Waals surface area contributed by atoms with Crippen LogP contribution >= 0.6 is 0 Å². The van der Waals surface area contributed by atoms with Gasteiger partial charge in [0, 0.05) is 6.26 Å². The molecule has 0 amide bonds. The summed E-state index contributed by atoms with van der Waals surface area (Å²) in [6, 6.07) is 4.90. The van der Waals surface area contributed by atoms with E-state index in [1.165, 1.54) is 45.2 Å². The van der Waals surface area contributed by atoms with Gasteiger partial charge in [0.25, 0.3) is 0 Å². The van der Waals surface area contributed by atoms with E-state index in [0.29, 0.717) is 0 Å². The lowest BCUT2D eigenvalue weighted by atomic mass is 9.97. The van der Waals surface area contributed by atoms with Gasteiger partial charge in [0.1, 0.15) is 0 Å². The number of methoxy groups -OCH3 is 1. The Kier molecular flexibility index (Phi) is 4.84. The molecule has 8 heteroatoms. The van der Waals surface area contributed by atoms with Crippen molar-refractivity contribution in [2.24, 2.45) is 5.41 Å². The molecule has 1 aromatic rings. The van der Waals surface area contributed by atoms with Crippen molar-refractivity contribution in [3.63, 3.8) is 0 Å². The van der Waals surface area contributed by atoms with Crippen LogP contribution in [0.5, 0.6) is 0 Å². The van der Waals surface area contributed by atoms with Crippen molar-refractivity contribution in [3.8, 4) is 0 Å². The third-order valence-electron chi connectivity index (χ3n) is 2.90. The molecule has 0 bridgehead atoms. The molecule has 0 saturated heterocycles. The second-order valence-corrected chi connectivity index (χ2v) is 9.38. The van der Waals surface area contributed by atoms with Gasteiger partial charge >= 0.3 is 5.97 Å². The van der Waals surface area contributed by atoms with Crippen LogP contribution in [0.25, 0.3) is 0 Å². The molecule has 0 unspecified atom stereocenters. The number of hydrogen-bond acceptors (Lipinski definition) is 6. The normalized spacial score (nSPS) is 13.0. The molecule has 118 valence electrons. The number of hydrogen-bond donors (Lipinski definition) is 0. The summed E-state index contributed by atoms with van der Waals surface area (Å²) in [5.74, 6) is -1.05. The van der Waals surface area contributed by atoms with E-state index < -0.39 is 36.8 Å². The Labute approximate surface area is 125 Å². The Hall–Kier alpha value is -1.41. The maximum Gasteiger partial charge on any atom is 0.312 e. The number of sulfone groups is 2. The highest BCUT2D eigenvalue weighted by molar-refractivity contribution is 7.91. The molecule has 0 N–H and O–H groups in total. The van der Waals surface area contributed by atoms with Crippen LogP contribution in [0.2, 0.25) is 0 Å². The predicted molar refractivity (Wildman–Crippen MR) is 77.4 cm³/mol. The van der Waals surface area contributed by atoms with Crippen LogP contribution in [0.4, 0.5) is 0 Å². The lowest BCUT2D eigenvalue weighted by molar-refractivity contribution is -0.149. The molecule has 6 nitrogen and oxygen atoms in total. The van der Waals surface area contributed by atoms with E-state index in [4.69, 9.17) is 0 Å². The van der Waals surface area contributed by atoms with E-state index in [1.54, 1.807) is 0 Å². The Balaban J connectivity index is 3.13. The molecule has 0 aliphatic heterocycles. The second kappa shape index (κ2) is 5.76. The summed E-state index contributed by atoms with van der Waals surface area (Å²) in [4.78, 5) is 11.6. The number of rotatable bonds is 5. The van der Waals surface area contributed by atoms with Gasteiger partial charge < -0.3 is 4.74 Å². The highest BCUT2D eigenvalue weighted by Crippen LogP contribution is 2.25. The molecular weight excluding hydrogens is 316 g/mol. The number of ether oxygens (including phenoxy) is 1. The minimum atomic E-state index is -3.73. The summed E-state index contributed by atoms with van der Waals surface area (Å²) < 4.78 is 51.8. The van der Waals surface area contributed by atoms with Gasteiger partial charge in [-0.3, -0.25) is 4.79 Å². The Morgan fingerprint density at radius 3 is 1.86 bits per heavy atom.